The Morgan fingerprint density at radius 2 is 1.46 bits per heavy atom. The molecule has 3 N–H and O–H groups in total. The predicted octanol–water partition coefficient (Wildman–Crippen LogP) is 5.45. The lowest BCUT2D eigenvalue weighted by atomic mass is 9.88. The van der Waals surface area contributed by atoms with E-state index in [9.17, 15) is 24.8 Å². The molecule has 8 heteroatoms. The molecule has 0 unspecified atom stereocenters. The largest absolute Gasteiger partial charge is 0.481 e. The maximum Gasteiger partial charge on any atom is 0.307 e. The van der Waals surface area contributed by atoms with Gasteiger partial charge in [-0.25, -0.2) is 0 Å². The average molecular weight is 478 g/mol. The summed E-state index contributed by atoms with van der Waals surface area (Å²) in [6.45, 7) is 0. The Labute approximate surface area is 204 Å². The summed E-state index contributed by atoms with van der Waals surface area (Å²) in [5, 5.41) is 26.9. The second kappa shape index (κ2) is 11.2. The van der Waals surface area contributed by atoms with Crippen molar-refractivity contribution in [3.8, 4) is 11.1 Å². The summed E-state index contributed by atoms with van der Waals surface area (Å²) in [7, 11) is 0. The van der Waals surface area contributed by atoms with Crippen molar-refractivity contribution in [3.05, 3.63) is 76.2 Å². The van der Waals surface area contributed by atoms with Gasteiger partial charge in [0.05, 0.1) is 10.8 Å². The topological polar surface area (TPSA) is 122 Å². The second-order valence-corrected chi connectivity index (χ2v) is 9.43. The number of carboxylic acids is 1. The minimum atomic E-state index is -0.892. The number of rotatable bonds is 9. The van der Waals surface area contributed by atoms with Crippen LogP contribution in [0.25, 0.3) is 11.1 Å². The first-order valence-corrected chi connectivity index (χ1v) is 12.3. The fourth-order valence-corrected chi connectivity index (χ4v) is 5.19. The van der Waals surface area contributed by atoms with Crippen LogP contribution < -0.4 is 10.6 Å². The third kappa shape index (κ3) is 6.26. The van der Waals surface area contributed by atoms with Crippen LogP contribution in [-0.2, 0) is 4.79 Å². The molecular weight excluding hydrogens is 446 g/mol. The Balaban J connectivity index is 1.42. The highest BCUT2D eigenvalue weighted by atomic mass is 16.6. The Bertz CT molecular complexity index is 1090. The number of carboxylic acid groups (broad SMARTS) is 1. The first kappa shape index (κ1) is 24.4. The molecule has 35 heavy (non-hydrogen) atoms. The molecule has 0 aromatic heterocycles. The van der Waals surface area contributed by atoms with Crippen LogP contribution in [0, 0.1) is 22.0 Å². The van der Waals surface area contributed by atoms with E-state index >= 15 is 0 Å². The molecular formula is C27H31N3O5. The van der Waals surface area contributed by atoms with E-state index in [0.29, 0.717) is 24.2 Å². The number of nitro groups is 1. The van der Waals surface area contributed by atoms with Gasteiger partial charge in [0.15, 0.2) is 11.6 Å². The van der Waals surface area contributed by atoms with E-state index in [0.717, 1.165) is 55.1 Å². The van der Waals surface area contributed by atoms with Crippen LogP contribution in [0.3, 0.4) is 0 Å². The Hall–Kier alpha value is -3.68. The molecule has 2 aromatic rings. The molecule has 0 bridgehead atoms. The van der Waals surface area contributed by atoms with Crippen molar-refractivity contribution in [3.63, 3.8) is 0 Å². The van der Waals surface area contributed by atoms with Crippen molar-refractivity contribution in [1.82, 2.24) is 5.32 Å². The molecule has 2 atom stereocenters. The van der Waals surface area contributed by atoms with Gasteiger partial charge in [0.1, 0.15) is 0 Å². The number of anilines is 1. The highest BCUT2D eigenvalue weighted by molar-refractivity contribution is 6.00. The first-order chi connectivity index (χ1) is 16.9. The van der Waals surface area contributed by atoms with E-state index in [-0.39, 0.29) is 11.8 Å². The molecule has 2 saturated carbocycles. The van der Waals surface area contributed by atoms with Crippen molar-refractivity contribution in [2.75, 3.05) is 5.32 Å². The van der Waals surface area contributed by atoms with Gasteiger partial charge in [0.2, 0.25) is 0 Å². The van der Waals surface area contributed by atoms with E-state index in [2.05, 4.69) is 10.6 Å². The number of benzene rings is 2. The number of Topliss-reactive ketones (excluding diaryl/α,β-unsaturated/α-hetero) is 1. The van der Waals surface area contributed by atoms with Gasteiger partial charge < -0.3 is 15.7 Å². The predicted molar refractivity (Wildman–Crippen MR) is 133 cm³/mol. The highest BCUT2D eigenvalue weighted by Crippen LogP contribution is 2.35. The zero-order valence-electron chi connectivity index (χ0n) is 19.6. The van der Waals surface area contributed by atoms with Crippen LogP contribution >= 0.6 is 0 Å². The van der Waals surface area contributed by atoms with Crippen molar-refractivity contribution in [2.24, 2.45) is 11.8 Å². The van der Waals surface area contributed by atoms with E-state index in [1.54, 1.807) is 12.1 Å². The SMILES string of the molecule is O=C(O)[C@@H]1CCC[C@H]1C(=O)c1ccc(-c2ccc(NC(=C[N+](=O)[O-])NC3CCCCC3)cc2)cc1. The number of hydrogen-bond acceptors (Lipinski definition) is 6. The summed E-state index contributed by atoms with van der Waals surface area (Å²) in [5.41, 5.74) is 3.14. The van der Waals surface area contributed by atoms with E-state index in [1.807, 2.05) is 36.4 Å². The minimum absolute atomic E-state index is 0.100. The molecule has 0 aliphatic heterocycles. The molecule has 2 aliphatic carbocycles. The van der Waals surface area contributed by atoms with Gasteiger partial charge in [-0.1, -0.05) is 62.1 Å². The van der Waals surface area contributed by atoms with Gasteiger partial charge in [-0.2, -0.15) is 0 Å². The standard InChI is InChI=1S/C27H31N3O5/c31-26(23-7-4-8-24(23)27(32)33)20-11-9-18(10-12-20)19-13-15-22(16-14-19)29-25(17-30(34)35)28-21-5-2-1-3-6-21/h9-17,21,23-24,28-29H,1-8H2,(H,32,33)/t23-,24-/m1/s1. The van der Waals surface area contributed by atoms with Crippen LogP contribution in [0.2, 0.25) is 0 Å². The molecule has 0 amide bonds. The lowest BCUT2D eigenvalue weighted by Crippen LogP contribution is -2.33. The summed E-state index contributed by atoms with van der Waals surface area (Å²) in [4.78, 5) is 34.9. The molecule has 2 fully saturated rings. The molecule has 2 aliphatic rings. The normalized spacial score (nSPS) is 20.9. The highest BCUT2D eigenvalue weighted by Gasteiger charge is 2.37. The summed E-state index contributed by atoms with van der Waals surface area (Å²) >= 11 is 0. The third-order valence-corrected chi connectivity index (χ3v) is 7.04. The summed E-state index contributed by atoms with van der Waals surface area (Å²) in [5.74, 6) is -1.66. The van der Waals surface area contributed by atoms with Crippen LogP contribution in [-0.4, -0.2) is 27.8 Å². The number of carbonyl (C=O) groups is 2. The second-order valence-electron chi connectivity index (χ2n) is 9.43. The zero-order chi connectivity index (χ0) is 24.8. The summed E-state index contributed by atoms with van der Waals surface area (Å²) < 4.78 is 0. The number of aliphatic carboxylic acids is 1. The molecule has 0 spiro atoms. The van der Waals surface area contributed by atoms with Crippen molar-refractivity contribution >= 4 is 17.4 Å². The number of nitrogens with one attached hydrogen (secondary N) is 2. The molecule has 4 rings (SSSR count). The molecule has 0 saturated heterocycles. The maximum atomic E-state index is 12.8. The molecule has 0 radical (unpaired) electrons. The van der Waals surface area contributed by atoms with E-state index < -0.39 is 22.7 Å². The monoisotopic (exact) mass is 477 g/mol. The van der Waals surface area contributed by atoms with Gasteiger partial charge in [0.25, 0.3) is 6.20 Å². The lowest BCUT2D eigenvalue weighted by molar-refractivity contribution is -0.403. The molecule has 8 nitrogen and oxygen atoms in total. The van der Waals surface area contributed by atoms with E-state index in [1.165, 1.54) is 6.42 Å². The smallest absolute Gasteiger partial charge is 0.307 e. The first-order valence-electron chi connectivity index (χ1n) is 12.3. The van der Waals surface area contributed by atoms with Gasteiger partial charge in [-0.15, -0.1) is 0 Å². The average Bonchev–Trinajstić information content (AvgIpc) is 3.35. The number of hydrogen-bond donors (Lipinski definition) is 3. The third-order valence-electron chi connectivity index (χ3n) is 7.04. The number of nitrogens with zero attached hydrogens (tertiary/aromatic N) is 1. The van der Waals surface area contributed by atoms with Crippen molar-refractivity contribution in [2.45, 2.75) is 57.4 Å². The van der Waals surface area contributed by atoms with Gasteiger partial charge >= 0.3 is 5.97 Å². The van der Waals surface area contributed by atoms with Crippen molar-refractivity contribution < 1.29 is 19.6 Å². The van der Waals surface area contributed by atoms with Gasteiger partial charge in [-0.05, 0) is 48.9 Å². The zero-order valence-corrected chi connectivity index (χ0v) is 19.6. The molecule has 184 valence electrons. The Morgan fingerprint density at radius 1 is 0.857 bits per heavy atom. The Morgan fingerprint density at radius 3 is 2.06 bits per heavy atom. The van der Waals surface area contributed by atoms with Crippen molar-refractivity contribution in [1.29, 1.82) is 0 Å². The van der Waals surface area contributed by atoms with Crippen LogP contribution in [0.5, 0.6) is 0 Å². The van der Waals surface area contributed by atoms with Gasteiger partial charge in [-0.3, -0.25) is 19.7 Å². The lowest BCUT2D eigenvalue weighted by Gasteiger charge is -2.24. The number of ketones is 1. The molecule has 0 heterocycles. The summed E-state index contributed by atoms with van der Waals surface area (Å²) in [6.07, 6.45) is 8.38. The van der Waals surface area contributed by atoms with Crippen LogP contribution in [0.4, 0.5) is 5.69 Å². The minimum Gasteiger partial charge on any atom is -0.481 e. The van der Waals surface area contributed by atoms with E-state index in [4.69, 9.17) is 0 Å². The van der Waals surface area contributed by atoms with Gasteiger partial charge in [0, 0.05) is 23.2 Å². The maximum absolute atomic E-state index is 12.8. The number of carbonyl (C=O) groups excluding carboxylic acids is 1. The fourth-order valence-electron chi connectivity index (χ4n) is 5.19. The fraction of sp³-hybridized carbons (Fsp3) is 0.407. The Kier molecular flexibility index (Phi) is 7.80. The summed E-state index contributed by atoms with van der Waals surface area (Å²) in [6, 6.07) is 15.0. The van der Waals surface area contributed by atoms with Crippen LogP contribution in [0.15, 0.2) is 60.6 Å². The quantitative estimate of drug-likeness (QED) is 0.249. The molecule has 2 aromatic carbocycles. The van der Waals surface area contributed by atoms with Crippen LogP contribution in [0.1, 0.15) is 61.7 Å².